The SMILES string of the molecule is CC[C@@H]1CC(=O)C[C@H](CC)N1Cc1ccccc1. The third kappa shape index (κ3) is 2.99. The molecule has 0 aliphatic carbocycles. The second-order valence-corrected chi connectivity index (χ2v) is 5.23. The van der Waals surface area contributed by atoms with Crippen LogP contribution < -0.4 is 0 Å². The molecular weight excluding hydrogens is 222 g/mol. The summed E-state index contributed by atoms with van der Waals surface area (Å²) in [7, 11) is 0. The standard InChI is InChI=1S/C16H23NO/c1-3-14-10-16(18)11-15(4-2)17(14)12-13-8-6-5-7-9-13/h5-9,14-15H,3-4,10-12H2,1-2H3/t14-,15+. The summed E-state index contributed by atoms with van der Waals surface area (Å²) >= 11 is 0. The lowest BCUT2D eigenvalue weighted by Crippen LogP contribution is -2.48. The maximum atomic E-state index is 11.8. The van der Waals surface area contributed by atoms with Crippen molar-refractivity contribution < 1.29 is 4.79 Å². The van der Waals surface area contributed by atoms with Crippen LogP contribution in [-0.4, -0.2) is 22.8 Å². The number of hydrogen-bond donors (Lipinski definition) is 0. The highest BCUT2D eigenvalue weighted by atomic mass is 16.1. The fourth-order valence-electron chi connectivity index (χ4n) is 2.95. The molecule has 1 fully saturated rings. The smallest absolute Gasteiger partial charge is 0.136 e. The molecule has 1 aromatic carbocycles. The van der Waals surface area contributed by atoms with Crippen molar-refractivity contribution in [2.45, 2.75) is 58.2 Å². The number of carbonyl (C=O) groups is 1. The first kappa shape index (κ1) is 13.3. The molecule has 0 unspecified atom stereocenters. The van der Waals surface area contributed by atoms with Crippen LogP contribution in [0.25, 0.3) is 0 Å². The minimum Gasteiger partial charge on any atom is -0.300 e. The van der Waals surface area contributed by atoms with Gasteiger partial charge in [-0.1, -0.05) is 44.2 Å². The Morgan fingerprint density at radius 2 is 1.61 bits per heavy atom. The topological polar surface area (TPSA) is 20.3 Å². The second-order valence-electron chi connectivity index (χ2n) is 5.23. The van der Waals surface area contributed by atoms with E-state index in [4.69, 9.17) is 0 Å². The van der Waals surface area contributed by atoms with E-state index in [1.54, 1.807) is 0 Å². The summed E-state index contributed by atoms with van der Waals surface area (Å²) < 4.78 is 0. The normalized spacial score (nSPS) is 25.3. The number of nitrogens with zero attached hydrogens (tertiary/aromatic N) is 1. The van der Waals surface area contributed by atoms with Crippen molar-refractivity contribution >= 4 is 5.78 Å². The number of hydrogen-bond acceptors (Lipinski definition) is 2. The fourth-order valence-corrected chi connectivity index (χ4v) is 2.95. The van der Waals surface area contributed by atoms with Gasteiger partial charge >= 0.3 is 0 Å². The van der Waals surface area contributed by atoms with Crippen molar-refractivity contribution in [3.05, 3.63) is 35.9 Å². The van der Waals surface area contributed by atoms with Gasteiger partial charge in [0, 0.05) is 31.5 Å². The molecule has 18 heavy (non-hydrogen) atoms. The van der Waals surface area contributed by atoms with Crippen molar-refractivity contribution in [1.29, 1.82) is 0 Å². The maximum absolute atomic E-state index is 11.8. The second kappa shape index (κ2) is 6.14. The predicted molar refractivity (Wildman–Crippen MR) is 74.4 cm³/mol. The van der Waals surface area contributed by atoms with Crippen LogP contribution in [0.5, 0.6) is 0 Å². The van der Waals surface area contributed by atoms with Crippen molar-refractivity contribution in [2.24, 2.45) is 0 Å². The van der Waals surface area contributed by atoms with E-state index >= 15 is 0 Å². The van der Waals surface area contributed by atoms with E-state index < -0.39 is 0 Å². The molecule has 2 rings (SSSR count). The average Bonchev–Trinajstić information content (AvgIpc) is 2.41. The zero-order valence-electron chi connectivity index (χ0n) is 11.4. The molecule has 1 saturated heterocycles. The fraction of sp³-hybridized carbons (Fsp3) is 0.562. The summed E-state index contributed by atoms with van der Waals surface area (Å²) in [6.45, 7) is 5.35. The molecule has 2 heteroatoms. The monoisotopic (exact) mass is 245 g/mol. The summed E-state index contributed by atoms with van der Waals surface area (Å²) in [5, 5.41) is 0. The summed E-state index contributed by atoms with van der Waals surface area (Å²) in [6.07, 6.45) is 3.60. The molecule has 1 aliphatic rings. The Morgan fingerprint density at radius 3 is 2.11 bits per heavy atom. The number of ketones is 1. The van der Waals surface area contributed by atoms with E-state index in [-0.39, 0.29) is 0 Å². The van der Waals surface area contributed by atoms with Crippen molar-refractivity contribution in [1.82, 2.24) is 4.90 Å². The van der Waals surface area contributed by atoms with Gasteiger partial charge in [-0.3, -0.25) is 9.69 Å². The Hall–Kier alpha value is -1.15. The van der Waals surface area contributed by atoms with E-state index in [9.17, 15) is 4.79 Å². The van der Waals surface area contributed by atoms with E-state index in [1.165, 1.54) is 5.56 Å². The minimum atomic E-state index is 0.427. The van der Waals surface area contributed by atoms with Gasteiger partial charge in [0.15, 0.2) is 0 Å². The molecule has 1 heterocycles. The van der Waals surface area contributed by atoms with Crippen LogP contribution in [0.3, 0.4) is 0 Å². The van der Waals surface area contributed by atoms with E-state index in [0.717, 1.165) is 32.2 Å². The van der Waals surface area contributed by atoms with Crippen LogP contribution in [0.2, 0.25) is 0 Å². The number of likely N-dealkylation sites (tertiary alicyclic amines) is 1. The Balaban J connectivity index is 2.13. The maximum Gasteiger partial charge on any atom is 0.136 e. The van der Waals surface area contributed by atoms with E-state index in [2.05, 4.69) is 49.1 Å². The highest BCUT2D eigenvalue weighted by Crippen LogP contribution is 2.26. The third-order valence-corrected chi connectivity index (χ3v) is 4.02. The molecule has 0 bridgehead atoms. The summed E-state index contributed by atoms with van der Waals surface area (Å²) in [4.78, 5) is 14.3. The molecule has 0 radical (unpaired) electrons. The Kier molecular flexibility index (Phi) is 4.54. The first-order valence-electron chi connectivity index (χ1n) is 7.06. The Labute approximate surface area is 110 Å². The molecule has 0 aromatic heterocycles. The number of piperidine rings is 1. The Bertz CT molecular complexity index is 371. The first-order valence-corrected chi connectivity index (χ1v) is 7.06. The quantitative estimate of drug-likeness (QED) is 0.810. The molecule has 0 amide bonds. The van der Waals surface area contributed by atoms with Crippen LogP contribution in [-0.2, 0) is 11.3 Å². The van der Waals surface area contributed by atoms with Gasteiger partial charge in [-0.15, -0.1) is 0 Å². The minimum absolute atomic E-state index is 0.427. The van der Waals surface area contributed by atoms with Gasteiger partial charge in [0.25, 0.3) is 0 Å². The largest absolute Gasteiger partial charge is 0.300 e. The molecule has 0 saturated carbocycles. The van der Waals surface area contributed by atoms with Gasteiger partial charge in [-0.2, -0.15) is 0 Å². The molecule has 2 atom stereocenters. The zero-order valence-corrected chi connectivity index (χ0v) is 11.4. The lowest BCUT2D eigenvalue weighted by molar-refractivity contribution is -0.125. The summed E-state index contributed by atoms with van der Waals surface area (Å²) in [6, 6.07) is 11.4. The lowest BCUT2D eigenvalue weighted by atomic mass is 9.91. The Morgan fingerprint density at radius 1 is 1.06 bits per heavy atom. The molecule has 2 nitrogen and oxygen atoms in total. The number of benzene rings is 1. The molecule has 98 valence electrons. The van der Waals surface area contributed by atoms with Crippen LogP contribution >= 0.6 is 0 Å². The molecule has 0 N–H and O–H groups in total. The van der Waals surface area contributed by atoms with Gasteiger partial charge in [0.05, 0.1) is 0 Å². The van der Waals surface area contributed by atoms with Crippen LogP contribution in [0.1, 0.15) is 45.1 Å². The molecule has 1 aliphatic heterocycles. The lowest BCUT2D eigenvalue weighted by Gasteiger charge is -2.41. The van der Waals surface area contributed by atoms with Crippen LogP contribution in [0.15, 0.2) is 30.3 Å². The van der Waals surface area contributed by atoms with Gasteiger partial charge in [-0.25, -0.2) is 0 Å². The van der Waals surface area contributed by atoms with Crippen molar-refractivity contribution in [3.63, 3.8) is 0 Å². The van der Waals surface area contributed by atoms with Gasteiger partial charge in [-0.05, 0) is 18.4 Å². The van der Waals surface area contributed by atoms with E-state index in [0.29, 0.717) is 17.9 Å². The molecular formula is C16H23NO. The zero-order chi connectivity index (χ0) is 13.0. The number of Topliss-reactive ketones (excluding diaryl/α,β-unsaturated/α-hetero) is 1. The molecule has 0 spiro atoms. The van der Waals surface area contributed by atoms with Crippen LogP contribution in [0.4, 0.5) is 0 Å². The number of carbonyl (C=O) groups excluding carboxylic acids is 1. The highest BCUT2D eigenvalue weighted by molar-refractivity contribution is 5.80. The molecule has 1 aromatic rings. The third-order valence-electron chi connectivity index (χ3n) is 4.02. The summed E-state index contributed by atoms with van der Waals surface area (Å²) in [5.41, 5.74) is 1.35. The van der Waals surface area contributed by atoms with Gasteiger partial charge < -0.3 is 0 Å². The number of rotatable bonds is 4. The van der Waals surface area contributed by atoms with Crippen LogP contribution in [0, 0.1) is 0 Å². The predicted octanol–water partition coefficient (Wildman–Crippen LogP) is 3.41. The van der Waals surface area contributed by atoms with E-state index in [1.807, 2.05) is 0 Å². The average molecular weight is 245 g/mol. The first-order chi connectivity index (χ1) is 8.74. The van der Waals surface area contributed by atoms with Gasteiger partial charge in [0.2, 0.25) is 0 Å². The summed E-state index contributed by atoms with van der Waals surface area (Å²) in [5.74, 6) is 0.443. The van der Waals surface area contributed by atoms with Crippen molar-refractivity contribution in [3.8, 4) is 0 Å². The van der Waals surface area contributed by atoms with Gasteiger partial charge in [0.1, 0.15) is 5.78 Å². The van der Waals surface area contributed by atoms with Crippen molar-refractivity contribution in [2.75, 3.05) is 0 Å². The highest BCUT2D eigenvalue weighted by Gasteiger charge is 2.32.